The van der Waals surface area contributed by atoms with Crippen molar-refractivity contribution in [3.05, 3.63) is 72.1 Å². The van der Waals surface area contributed by atoms with Crippen LogP contribution in [0.25, 0.3) is 22.0 Å². The molecule has 8 heteroatoms. The van der Waals surface area contributed by atoms with Crippen molar-refractivity contribution < 1.29 is 24.1 Å². The van der Waals surface area contributed by atoms with Gasteiger partial charge in [0.1, 0.15) is 17.9 Å². The fraction of sp³-hybridized carbons (Fsp3) is 0.276. The first-order valence-corrected chi connectivity index (χ1v) is 12.2. The van der Waals surface area contributed by atoms with Gasteiger partial charge in [-0.3, -0.25) is 4.79 Å². The van der Waals surface area contributed by atoms with Crippen LogP contribution in [0.3, 0.4) is 0 Å². The number of carboxylic acid groups (broad SMARTS) is 1. The number of nitrogens with one attached hydrogen (secondary N) is 1. The van der Waals surface area contributed by atoms with E-state index in [9.17, 15) is 4.79 Å². The lowest BCUT2D eigenvalue weighted by molar-refractivity contribution is -0.137. The Kier molecular flexibility index (Phi) is 8.40. The van der Waals surface area contributed by atoms with Crippen LogP contribution in [0.5, 0.6) is 17.2 Å². The fourth-order valence-corrected chi connectivity index (χ4v) is 4.26. The second-order valence-corrected chi connectivity index (χ2v) is 8.46. The molecule has 0 saturated heterocycles. The van der Waals surface area contributed by atoms with Crippen molar-refractivity contribution >= 4 is 22.6 Å². The lowest BCUT2D eigenvalue weighted by Crippen LogP contribution is -2.09. The van der Waals surface area contributed by atoms with Gasteiger partial charge in [-0.2, -0.15) is 0 Å². The number of ether oxygens (including phenoxy) is 3. The predicted octanol–water partition coefficient (Wildman–Crippen LogP) is 5.52. The first kappa shape index (κ1) is 25.8. The monoisotopic (exact) mass is 501 g/mol. The summed E-state index contributed by atoms with van der Waals surface area (Å²) < 4.78 is 17.0. The quantitative estimate of drug-likeness (QED) is 0.262. The average Bonchev–Trinajstić information content (AvgIpc) is 2.90. The molecule has 1 aromatic heterocycles. The van der Waals surface area contributed by atoms with E-state index in [-0.39, 0.29) is 13.0 Å². The number of carboxylic acids is 1. The maximum absolute atomic E-state index is 10.8. The third-order valence-electron chi connectivity index (χ3n) is 6.08. The molecule has 1 heterocycles. The fourth-order valence-electron chi connectivity index (χ4n) is 4.26. The Morgan fingerprint density at radius 2 is 1.84 bits per heavy atom. The number of hydrogen-bond acceptors (Lipinski definition) is 7. The number of carbonyl (C=O) groups is 1. The highest BCUT2D eigenvalue weighted by Gasteiger charge is 2.13. The zero-order valence-electron chi connectivity index (χ0n) is 21.3. The Morgan fingerprint density at radius 1 is 1.00 bits per heavy atom. The second kappa shape index (κ2) is 12.1. The molecular formula is C29H31N3O5. The third-order valence-corrected chi connectivity index (χ3v) is 6.08. The van der Waals surface area contributed by atoms with Crippen LogP contribution in [0.15, 0.2) is 60.9 Å². The zero-order valence-corrected chi connectivity index (χ0v) is 21.3. The minimum Gasteiger partial charge on any atom is -0.496 e. The van der Waals surface area contributed by atoms with Crippen LogP contribution in [0, 0.1) is 6.92 Å². The molecule has 4 aromatic rings. The number of fused-ring (bicyclic) bond motifs is 1. The minimum absolute atomic E-state index is 0.0673. The maximum atomic E-state index is 10.8. The molecule has 3 aromatic carbocycles. The van der Waals surface area contributed by atoms with E-state index in [1.165, 1.54) is 28.2 Å². The normalized spacial score (nSPS) is 10.8. The maximum Gasteiger partial charge on any atom is 0.306 e. The van der Waals surface area contributed by atoms with Gasteiger partial charge in [0.15, 0.2) is 11.5 Å². The van der Waals surface area contributed by atoms with E-state index < -0.39 is 5.97 Å². The molecule has 0 fully saturated rings. The van der Waals surface area contributed by atoms with Crippen LogP contribution < -0.4 is 19.5 Å². The summed E-state index contributed by atoms with van der Waals surface area (Å²) in [6.45, 7) is 5.21. The van der Waals surface area contributed by atoms with Crippen LogP contribution in [0.4, 0.5) is 5.82 Å². The van der Waals surface area contributed by atoms with Gasteiger partial charge < -0.3 is 24.6 Å². The number of methoxy groups -OCH3 is 1. The van der Waals surface area contributed by atoms with Gasteiger partial charge in [-0.05, 0) is 66.4 Å². The average molecular weight is 502 g/mol. The highest BCUT2D eigenvalue weighted by molar-refractivity contribution is 5.88. The first-order chi connectivity index (χ1) is 18.0. The Morgan fingerprint density at radius 3 is 2.62 bits per heavy atom. The summed E-state index contributed by atoms with van der Waals surface area (Å²) in [7, 11) is 1.70. The molecule has 0 aliphatic carbocycles. The molecule has 8 nitrogen and oxygen atoms in total. The molecule has 4 rings (SSSR count). The molecule has 0 spiro atoms. The summed E-state index contributed by atoms with van der Waals surface area (Å²) in [5, 5.41) is 14.6. The number of rotatable bonds is 12. The lowest BCUT2D eigenvalue weighted by atomic mass is 9.97. The Balaban J connectivity index is 1.48. The SMILES string of the molecule is CCOc1cc(-c2cc(NCCc3c(OC)cc4ccccc4c3C)ncn2)ccc1OCCC(=O)O. The van der Waals surface area contributed by atoms with Gasteiger partial charge in [-0.25, -0.2) is 9.97 Å². The number of aromatic nitrogens is 2. The molecular weight excluding hydrogens is 470 g/mol. The van der Waals surface area contributed by atoms with E-state index in [0.29, 0.717) is 30.5 Å². The number of anilines is 1. The number of benzene rings is 3. The summed E-state index contributed by atoms with van der Waals surface area (Å²) in [6, 6.07) is 17.8. The van der Waals surface area contributed by atoms with Crippen molar-refractivity contribution in [3.8, 4) is 28.5 Å². The van der Waals surface area contributed by atoms with Crippen molar-refractivity contribution in [2.75, 3.05) is 32.2 Å². The third kappa shape index (κ3) is 6.27. The van der Waals surface area contributed by atoms with E-state index in [0.717, 1.165) is 23.4 Å². The largest absolute Gasteiger partial charge is 0.496 e. The molecule has 0 saturated carbocycles. The van der Waals surface area contributed by atoms with Gasteiger partial charge in [0.05, 0.1) is 32.4 Å². The van der Waals surface area contributed by atoms with Crippen LogP contribution in [0.2, 0.25) is 0 Å². The lowest BCUT2D eigenvalue weighted by Gasteiger charge is -2.15. The minimum atomic E-state index is -0.912. The van der Waals surface area contributed by atoms with Gasteiger partial charge in [0.25, 0.3) is 0 Å². The molecule has 37 heavy (non-hydrogen) atoms. The van der Waals surface area contributed by atoms with E-state index in [1.54, 1.807) is 13.2 Å². The predicted molar refractivity (Wildman–Crippen MR) is 144 cm³/mol. The van der Waals surface area contributed by atoms with Crippen molar-refractivity contribution in [2.45, 2.75) is 26.7 Å². The Bertz CT molecular complexity index is 1390. The number of nitrogens with zero attached hydrogens (tertiary/aromatic N) is 2. The molecule has 0 radical (unpaired) electrons. The van der Waals surface area contributed by atoms with Crippen LogP contribution in [-0.4, -0.2) is 47.9 Å². The topological polar surface area (TPSA) is 103 Å². The molecule has 2 N–H and O–H groups in total. The highest BCUT2D eigenvalue weighted by Crippen LogP contribution is 2.33. The van der Waals surface area contributed by atoms with E-state index >= 15 is 0 Å². The van der Waals surface area contributed by atoms with Gasteiger partial charge in [-0.15, -0.1) is 0 Å². The van der Waals surface area contributed by atoms with Crippen molar-refractivity contribution in [3.63, 3.8) is 0 Å². The molecule has 0 aliphatic heterocycles. The van der Waals surface area contributed by atoms with Crippen LogP contribution >= 0.6 is 0 Å². The Hall–Kier alpha value is -4.33. The summed E-state index contributed by atoms with van der Waals surface area (Å²) in [6.07, 6.45) is 2.21. The van der Waals surface area contributed by atoms with E-state index in [1.807, 2.05) is 31.2 Å². The summed E-state index contributed by atoms with van der Waals surface area (Å²) in [5.41, 5.74) is 3.96. The molecule has 0 atom stereocenters. The summed E-state index contributed by atoms with van der Waals surface area (Å²) in [4.78, 5) is 19.6. The number of hydrogen-bond donors (Lipinski definition) is 2. The summed E-state index contributed by atoms with van der Waals surface area (Å²) >= 11 is 0. The van der Waals surface area contributed by atoms with Gasteiger partial charge >= 0.3 is 5.97 Å². The molecule has 0 aliphatic rings. The van der Waals surface area contributed by atoms with Crippen LogP contribution in [0.1, 0.15) is 24.5 Å². The second-order valence-electron chi connectivity index (χ2n) is 8.46. The molecule has 0 unspecified atom stereocenters. The van der Waals surface area contributed by atoms with Crippen LogP contribution in [-0.2, 0) is 11.2 Å². The van der Waals surface area contributed by atoms with Crippen molar-refractivity contribution in [1.82, 2.24) is 9.97 Å². The van der Waals surface area contributed by atoms with Gasteiger partial charge in [-0.1, -0.05) is 24.3 Å². The molecule has 0 amide bonds. The number of aryl methyl sites for hydroxylation is 1. The van der Waals surface area contributed by atoms with Crippen molar-refractivity contribution in [2.24, 2.45) is 0 Å². The van der Waals surface area contributed by atoms with Gasteiger partial charge in [0, 0.05) is 18.2 Å². The smallest absolute Gasteiger partial charge is 0.306 e. The zero-order chi connectivity index (χ0) is 26.2. The summed E-state index contributed by atoms with van der Waals surface area (Å²) in [5.74, 6) is 1.72. The standard InChI is InChI=1S/C29H31N3O5/c1-4-36-27-16-21(9-10-25(27)37-14-12-29(33)34)24-17-28(32-18-31-24)30-13-11-23-19(2)22-8-6-5-7-20(22)15-26(23)35-3/h5-10,15-18H,4,11-14H2,1-3H3,(H,33,34)(H,30,31,32). The van der Waals surface area contributed by atoms with Crippen molar-refractivity contribution in [1.29, 1.82) is 0 Å². The Labute approximate surface area is 216 Å². The molecule has 192 valence electrons. The van der Waals surface area contributed by atoms with E-state index in [2.05, 4.69) is 46.5 Å². The number of aliphatic carboxylic acids is 1. The van der Waals surface area contributed by atoms with E-state index in [4.69, 9.17) is 19.3 Å². The first-order valence-electron chi connectivity index (χ1n) is 12.2. The molecule has 0 bridgehead atoms. The highest BCUT2D eigenvalue weighted by atomic mass is 16.5. The van der Waals surface area contributed by atoms with Gasteiger partial charge in [0.2, 0.25) is 0 Å².